The number of fused-ring (bicyclic) bond motifs is 3. The van der Waals surface area contributed by atoms with E-state index in [2.05, 4.69) is 21.7 Å². The Labute approximate surface area is 177 Å². The van der Waals surface area contributed by atoms with Crippen LogP contribution in [0.25, 0.3) is 32.4 Å². The van der Waals surface area contributed by atoms with Crippen LogP contribution in [0.1, 0.15) is 10.4 Å². The molecule has 31 heavy (non-hydrogen) atoms. The number of aromatic nitrogens is 1. The topological polar surface area (TPSA) is 84.2 Å². The van der Waals surface area contributed by atoms with Gasteiger partial charge in [-0.05, 0) is 39.7 Å². The van der Waals surface area contributed by atoms with Crippen LogP contribution in [0.4, 0.5) is 6.01 Å². The first kappa shape index (κ1) is 18.8. The highest BCUT2D eigenvalue weighted by Gasteiger charge is 2.14. The maximum Gasteiger partial charge on any atom is 0.348 e. The molecule has 5 aromatic rings. The summed E-state index contributed by atoms with van der Waals surface area (Å²) in [5.41, 5.74) is 0.774. The van der Waals surface area contributed by atoms with Gasteiger partial charge in [-0.3, -0.25) is 4.79 Å². The van der Waals surface area contributed by atoms with Gasteiger partial charge in [-0.2, -0.15) is 4.98 Å². The summed E-state index contributed by atoms with van der Waals surface area (Å²) in [6.45, 7) is 0.706. The number of hydrogen-bond donors (Lipinski definition) is 2. The first-order valence-electron chi connectivity index (χ1n) is 10.0. The number of benzene rings is 4. The summed E-state index contributed by atoms with van der Waals surface area (Å²) in [7, 11) is 0. The Balaban J connectivity index is 1.34. The third-order valence-corrected chi connectivity index (χ3v) is 5.22. The summed E-state index contributed by atoms with van der Waals surface area (Å²) in [4.78, 5) is 29.4. The number of carbonyl (C=O) groups excluding carboxylic acids is 1. The summed E-state index contributed by atoms with van der Waals surface area (Å²) in [6.07, 6.45) is 0. The number of para-hydroxylation sites is 1. The lowest BCUT2D eigenvalue weighted by molar-refractivity contribution is 0.0958. The van der Waals surface area contributed by atoms with E-state index < -0.39 is 5.63 Å². The van der Waals surface area contributed by atoms with Gasteiger partial charge in [0.2, 0.25) is 0 Å². The molecule has 1 amide bonds. The van der Waals surface area contributed by atoms with Crippen molar-refractivity contribution in [1.29, 1.82) is 0 Å². The van der Waals surface area contributed by atoms with Crippen LogP contribution < -0.4 is 16.3 Å². The molecule has 4 aromatic carbocycles. The van der Waals surface area contributed by atoms with E-state index >= 15 is 0 Å². The first-order chi connectivity index (χ1) is 15.2. The Kier molecular flexibility index (Phi) is 4.80. The largest absolute Gasteiger partial charge is 0.389 e. The highest BCUT2D eigenvalue weighted by Crippen LogP contribution is 2.28. The quantitative estimate of drug-likeness (QED) is 0.333. The van der Waals surface area contributed by atoms with Crippen molar-refractivity contribution in [3.05, 3.63) is 94.8 Å². The van der Waals surface area contributed by atoms with Gasteiger partial charge in [0.25, 0.3) is 11.9 Å². The summed E-state index contributed by atoms with van der Waals surface area (Å²) < 4.78 is 5.21. The summed E-state index contributed by atoms with van der Waals surface area (Å²) >= 11 is 0. The van der Waals surface area contributed by atoms with E-state index in [1.807, 2.05) is 54.6 Å². The van der Waals surface area contributed by atoms with E-state index in [0.717, 1.165) is 21.5 Å². The Bertz CT molecular complexity index is 1440. The fourth-order valence-corrected chi connectivity index (χ4v) is 3.79. The SMILES string of the molecule is O=C(NCCNc1nc2ccccc2c(=O)o1)c1c2ccccc2cc2ccccc12. The molecule has 0 atom stereocenters. The van der Waals surface area contributed by atoms with E-state index in [4.69, 9.17) is 4.42 Å². The molecule has 0 aliphatic heterocycles. The Morgan fingerprint density at radius 3 is 2.13 bits per heavy atom. The van der Waals surface area contributed by atoms with E-state index in [0.29, 0.717) is 29.6 Å². The minimum absolute atomic E-state index is 0.133. The van der Waals surface area contributed by atoms with Crippen molar-refractivity contribution >= 4 is 44.4 Å². The highest BCUT2D eigenvalue weighted by atomic mass is 16.4. The van der Waals surface area contributed by atoms with Crippen LogP contribution in [0.3, 0.4) is 0 Å². The zero-order chi connectivity index (χ0) is 21.2. The van der Waals surface area contributed by atoms with Crippen LogP contribution in [-0.4, -0.2) is 24.0 Å². The van der Waals surface area contributed by atoms with Crippen LogP contribution in [0.2, 0.25) is 0 Å². The zero-order valence-corrected chi connectivity index (χ0v) is 16.6. The van der Waals surface area contributed by atoms with E-state index in [-0.39, 0.29) is 11.9 Å². The monoisotopic (exact) mass is 409 g/mol. The highest BCUT2D eigenvalue weighted by molar-refractivity contribution is 6.18. The van der Waals surface area contributed by atoms with Crippen LogP contribution in [-0.2, 0) is 0 Å². The van der Waals surface area contributed by atoms with Gasteiger partial charge in [-0.1, -0.05) is 60.7 Å². The molecule has 0 aliphatic carbocycles. The molecule has 0 radical (unpaired) electrons. The Morgan fingerprint density at radius 2 is 1.42 bits per heavy atom. The molecule has 1 heterocycles. The third kappa shape index (κ3) is 3.59. The number of carbonyl (C=O) groups is 1. The average Bonchev–Trinajstić information content (AvgIpc) is 2.80. The smallest absolute Gasteiger partial charge is 0.348 e. The molecule has 0 saturated carbocycles. The predicted octanol–water partition coefficient (Wildman–Crippen LogP) is 4.34. The Morgan fingerprint density at radius 1 is 0.806 bits per heavy atom. The second-order valence-electron chi connectivity index (χ2n) is 7.20. The van der Waals surface area contributed by atoms with Crippen molar-refractivity contribution in [2.24, 2.45) is 0 Å². The van der Waals surface area contributed by atoms with Gasteiger partial charge in [0.05, 0.1) is 16.5 Å². The molecular weight excluding hydrogens is 390 g/mol. The van der Waals surface area contributed by atoms with Gasteiger partial charge in [-0.15, -0.1) is 0 Å². The molecule has 0 fully saturated rings. The van der Waals surface area contributed by atoms with Crippen LogP contribution in [0, 0.1) is 0 Å². The lowest BCUT2D eigenvalue weighted by Gasteiger charge is -2.12. The molecule has 0 unspecified atom stereocenters. The van der Waals surface area contributed by atoms with E-state index in [1.165, 1.54) is 0 Å². The maximum atomic E-state index is 13.1. The van der Waals surface area contributed by atoms with Crippen molar-refractivity contribution in [2.45, 2.75) is 0 Å². The van der Waals surface area contributed by atoms with Crippen LogP contribution in [0.5, 0.6) is 0 Å². The van der Waals surface area contributed by atoms with Gasteiger partial charge in [0.1, 0.15) is 0 Å². The normalized spacial score (nSPS) is 11.1. The fourth-order valence-electron chi connectivity index (χ4n) is 3.79. The lowest BCUT2D eigenvalue weighted by atomic mass is 9.96. The minimum Gasteiger partial charge on any atom is -0.389 e. The second-order valence-corrected chi connectivity index (χ2v) is 7.20. The number of nitrogens with one attached hydrogen (secondary N) is 2. The van der Waals surface area contributed by atoms with Gasteiger partial charge in [0.15, 0.2) is 0 Å². The van der Waals surface area contributed by atoms with Crippen molar-refractivity contribution in [3.8, 4) is 0 Å². The number of anilines is 1. The number of amides is 1. The molecule has 0 aliphatic rings. The average molecular weight is 409 g/mol. The minimum atomic E-state index is -0.445. The molecule has 152 valence electrons. The van der Waals surface area contributed by atoms with Crippen molar-refractivity contribution in [3.63, 3.8) is 0 Å². The summed E-state index contributed by atoms with van der Waals surface area (Å²) in [6, 6.07) is 25.0. The Hall–Kier alpha value is -4.19. The van der Waals surface area contributed by atoms with Gasteiger partial charge < -0.3 is 15.1 Å². The number of rotatable bonds is 5. The maximum absolute atomic E-state index is 13.1. The molecule has 6 heteroatoms. The molecule has 0 spiro atoms. The molecule has 0 saturated heterocycles. The zero-order valence-electron chi connectivity index (χ0n) is 16.6. The lowest BCUT2D eigenvalue weighted by Crippen LogP contribution is -2.29. The molecule has 6 nitrogen and oxygen atoms in total. The summed E-state index contributed by atoms with van der Waals surface area (Å²) in [5, 5.41) is 10.2. The molecular formula is C25H19N3O3. The predicted molar refractivity (Wildman–Crippen MR) is 123 cm³/mol. The molecule has 0 bridgehead atoms. The van der Waals surface area contributed by atoms with E-state index in [9.17, 15) is 9.59 Å². The third-order valence-electron chi connectivity index (χ3n) is 5.22. The molecule has 5 rings (SSSR count). The standard InChI is InChI=1S/C25H19N3O3/c29-23(22-18-9-3-1-7-16(18)15-17-8-2-4-10-19(17)22)26-13-14-27-25-28-21-12-6-5-11-20(21)24(30)31-25/h1-12,15H,13-14H2,(H,26,29)(H,27,28). The molecule has 1 aromatic heterocycles. The van der Waals surface area contributed by atoms with Crippen LogP contribution in [0.15, 0.2) is 88.1 Å². The van der Waals surface area contributed by atoms with Crippen molar-refractivity contribution < 1.29 is 9.21 Å². The second kappa shape index (κ2) is 7.91. The van der Waals surface area contributed by atoms with E-state index in [1.54, 1.807) is 18.2 Å². The van der Waals surface area contributed by atoms with Gasteiger partial charge in [0, 0.05) is 13.1 Å². The van der Waals surface area contributed by atoms with Gasteiger partial charge in [-0.25, -0.2) is 4.79 Å². The molecule has 2 N–H and O–H groups in total. The van der Waals surface area contributed by atoms with Crippen LogP contribution >= 0.6 is 0 Å². The van der Waals surface area contributed by atoms with Crippen molar-refractivity contribution in [1.82, 2.24) is 10.3 Å². The number of nitrogens with zero attached hydrogens (tertiary/aromatic N) is 1. The fraction of sp³-hybridized carbons (Fsp3) is 0.0800. The van der Waals surface area contributed by atoms with Gasteiger partial charge >= 0.3 is 5.63 Å². The van der Waals surface area contributed by atoms with Crippen molar-refractivity contribution in [2.75, 3.05) is 18.4 Å². The summed E-state index contributed by atoms with van der Waals surface area (Å²) in [5.74, 6) is -0.150. The number of hydrogen-bond acceptors (Lipinski definition) is 5. The first-order valence-corrected chi connectivity index (χ1v) is 10.0.